The monoisotopic (exact) mass is 530 g/mol. The van der Waals surface area contributed by atoms with Crippen LogP contribution in [0.5, 0.6) is 11.5 Å². The van der Waals surface area contributed by atoms with Gasteiger partial charge in [-0.05, 0) is 77.2 Å². The van der Waals surface area contributed by atoms with Gasteiger partial charge in [0.1, 0.15) is 16.9 Å². The van der Waals surface area contributed by atoms with E-state index in [0.717, 1.165) is 28.0 Å². The van der Waals surface area contributed by atoms with Crippen molar-refractivity contribution in [1.29, 1.82) is 0 Å². The zero-order valence-corrected chi connectivity index (χ0v) is 22.4. The topological polar surface area (TPSA) is 71.4 Å². The second-order valence-corrected chi connectivity index (χ2v) is 10.0. The van der Waals surface area contributed by atoms with Crippen LogP contribution in [-0.4, -0.2) is 37.0 Å². The molecule has 0 radical (unpaired) electrons. The van der Waals surface area contributed by atoms with Gasteiger partial charge in [-0.2, -0.15) is 10.1 Å². The maximum Gasteiger partial charge on any atom is 0.266 e. The number of ether oxygens (including phenoxy) is 2. The molecular weight excluding hydrogens is 500 g/mol. The third-order valence-electron chi connectivity index (χ3n) is 7.87. The minimum atomic E-state index is -1.41. The molecule has 0 fully saturated rings. The lowest BCUT2D eigenvalue weighted by molar-refractivity contribution is -0.125. The fourth-order valence-electron chi connectivity index (χ4n) is 5.84. The highest BCUT2D eigenvalue weighted by Crippen LogP contribution is 2.53. The predicted molar refractivity (Wildman–Crippen MR) is 157 cm³/mol. The Bertz CT molecular complexity index is 1560. The highest BCUT2D eigenvalue weighted by molar-refractivity contribution is 6.32. The van der Waals surface area contributed by atoms with Crippen LogP contribution in [0.1, 0.15) is 29.0 Å². The Morgan fingerprint density at radius 3 is 1.95 bits per heavy atom. The van der Waals surface area contributed by atoms with Gasteiger partial charge in [-0.1, -0.05) is 66.7 Å². The van der Waals surface area contributed by atoms with E-state index in [1.807, 2.05) is 109 Å². The van der Waals surface area contributed by atoms with Gasteiger partial charge < -0.3 is 14.6 Å². The molecule has 6 rings (SSSR count). The molecule has 1 amide bonds. The summed E-state index contributed by atoms with van der Waals surface area (Å²) in [6, 6.07) is 34.5. The molecule has 40 heavy (non-hydrogen) atoms. The summed E-state index contributed by atoms with van der Waals surface area (Å²) in [5.41, 5.74) is 3.14. The van der Waals surface area contributed by atoms with Crippen LogP contribution in [0.15, 0.2) is 120 Å². The highest BCUT2D eigenvalue weighted by atomic mass is 16.5. The molecule has 1 aliphatic heterocycles. The molecule has 0 saturated heterocycles. The van der Waals surface area contributed by atoms with Crippen LogP contribution in [0, 0.1) is 5.41 Å². The van der Waals surface area contributed by atoms with Crippen LogP contribution >= 0.6 is 0 Å². The summed E-state index contributed by atoms with van der Waals surface area (Å²) < 4.78 is 10.7. The normalized spacial score (nSPS) is 22.2. The van der Waals surface area contributed by atoms with Crippen molar-refractivity contribution in [3.05, 3.63) is 132 Å². The van der Waals surface area contributed by atoms with E-state index in [1.165, 1.54) is 5.01 Å². The molecule has 3 atom stereocenters. The molecule has 0 unspecified atom stereocenters. The maximum atomic E-state index is 14.7. The van der Waals surface area contributed by atoms with E-state index in [2.05, 4.69) is 6.08 Å². The van der Waals surface area contributed by atoms with Crippen molar-refractivity contribution in [2.75, 3.05) is 19.2 Å². The molecule has 6 nitrogen and oxygen atoms in total. The van der Waals surface area contributed by atoms with Gasteiger partial charge >= 0.3 is 0 Å². The number of hydrogen-bond acceptors (Lipinski definition) is 5. The van der Waals surface area contributed by atoms with E-state index in [0.29, 0.717) is 23.6 Å². The van der Waals surface area contributed by atoms with Crippen LogP contribution in [0.25, 0.3) is 5.57 Å². The molecule has 0 bridgehead atoms. The average molecular weight is 531 g/mol. The van der Waals surface area contributed by atoms with E-state index in [-0.39, 0.29) is 11.8 Å². The standard InChI is InChI=1S/C34H30N2O4/c1-39-28-17-13-23(14-18-28)26-21-30(24-9-5-3-6-10-24)34(31(37)22-26)32(25-15-19-29(40-2)20-16-25)35-36(33(34)38)27-11-7-4-8-12-27/h3-21,26,31,37H,22H2,1-2H3/t26-,31-,34+/m0/s1. The molecule has 1 spiro atoms. The number of amides is 1. The molecule has 0 saturated carbocycles. The molecule has 4 aromatic rings. The van der Waals surface area contributed by atoms with Crippen molar-refractivity contribution in [2.45, 2.75) is 18.4 Å². The van der Waals surface area contributed by atoms with Crippen LogP contribution in [0.4, 0.5) is 5.69 Å². The van der Waals surface area contributed by atoms with Crippen molar-refractivity contribution in [3.8, 4) is 11.5 Å². The number of nitrogens with zero attached hydrogens (tertiary/aromatic N) is 2. The number of carbonyl (C=O) groups is 1. The molecule has 1 aliphatic carbocycles. The summed E-state index contributed by atoms with van der Waals surface area (Å²) in [7, 11) is 3.26. The lowest BCUT2D eigenvalue weighted by Gasteiger charge is -2.41. The first-order valence-electron chi connectivity index (χ1n) is 13.3. The van der Waals surface area contributed by atoms with E-state index in [9.17, 15) is 9.90 Å². The maximum absolute atomic E-state index is 14.7. The Morgan fingerprint density at radius 1 is 0.775 bits per heavy atom. The third-order valence-corrected chi connectivity index (χ3v) is 7.87. The fraction of sp³-hybridized carbons (Fsp3) is 0.176. The Morgan fingerprint density at radius 2 is 1.35 bits per heavy atom. The summed E-state index contributed by atoms with van der Waals surface area (Å²) in [5.74, 6) is 1.07. The quantitative estimate of drug-likeness (QED) is 0.328. The first-order valence-corrected chi connectivity index (χ1v) is 13.3. The Kier molecular flexibility index (Phi) is 6.70. The number of aliphatic hydroxyl groups excluding tert-OH is 1. The average Bonchev–Trinajstić information content (AvgIpc) is 3.32. The molecule has 1 heterocycles. The van der Waals surface area contributed by atoms with Gasteiger partial charge in [-0.3, -0.25) is 4.79 Å². The Hall–Kier alpha value is -4.68. The van der Waals surface area contributed by atoms with Gasteiger partial charge in [-0.25, -0.2) is 0 Å². The van der Waals surface area contributed by atoms with Gasteiger partial charge in [0.2, 0.25) is 0 Å². The lowest BCUT2D eigenvalue weighted by Crippen LogP contribution is -2.52. The molecule has 1 N–H and O–H groups in total. The van der Waals surface area contributed by atoms with Gasteiger partial charge in [0, 0.05) is 5.92 Å². The lowest BCUT2D eigenvalue weighted by atomic mass is 9.61. The minimum Gasteiger partial charge on any atom is -0.497 e. The Labute approximate surface area is 233 Å². The number of hydrogen-bond donors (Lipinski definition) is 1. The van der Waals surface area contributed by atoms with Crippen molar-refractivity contribution >= 4 is 22.9 Å². The van der Waals surface area contributed by atoms with Crippen molar-refractivity contribution < 1.29 is 19.4 Å². The fourth-order valence-corrected chi connectivity index (χ4v) is 5.84. The van der Waals surface area contributed by atoms with Gasteiger partial charge in [0.15, 0.2) is 0 Å². The number of allylic oxidation sites excluding steroid dienone is 1. The van der Waals surface area contributed by atoms with Crippen molar-refractivity contribution in [1.82, 2.24) is 0 Å². The number of carbonyl (C=O) groups excluding carboxylic acids is 1. The summed E-state index contributed by atoms with van der Waals surface area (Å²) >= 11 is 0. The summed E-state index contributed by atoms with van der Waals surface area (Å²) in [4.78, 5) is 14.7. The van der Waals surface area contributed by atoms with E-state index >= 15 is 0 Å². The number of hydrazone groups is 1. The largest absolute Gasteiger partial charge is 0.497 e. The van der Waals surface area contributed by atoms with Crippen LogP contribution < -0.4 is 14.5 Å². The second-order valence-electron chi connectivity index (χ2n) is 10.0. The third kappa shape index (κ3) is 4.17. The zero-order valence-electron chi connectivity index (χ0n) is 22.4. The van der Waals surface area contributed by atoms with E-state index in [4.69, 9.17) is 14.6 Å². The van der Waals surface area contributed by atoms with Gasteiger partial charge in [0.25, 0.3) is 5.91 Å². The zero-order chi connectivity index (χ0) is 27.7. The smallest absolute Gasteiger partial charge is 0.266 e. The van der Waals surface area contributed by atoms with Crippen LogP contribution in [0.3, 0.4) is 0 Å². The van der Waals surface area contributed by atoms with E-state index in [1.54, 1.807) is 14.2 Å². The summed E-state index contributed by atoms with van der Waals surface area (Å²) in [5, 5.41) is 18.5. The Balaban J connectivity index is 1.58. The first-order chi connectivity index (χ1) is 19.6. The molecule has 4 aromatic carbocycles. The number of benzene rings is 4. The number of anilines is 1. The second kappa shape index (κ2) is 10.5. The van der Waals surface area contributed by atoms with Crippen LogP contribution in [-0.2, 0) is 4.79 Å². The highest BCUT2D eigenvalue weighted by Gasteiger charge is 2.61. The van der Waals surface area contributed by atoms with Gasteiger partial charge in [0.05, 0.1) is 31.7 Å². The number of rotatable bonds is 6. The molecule has 2 aliphatic rings. The summed E-state index contributed by atoms with van der Waals surface area (Å²) in [6.07, 6.45) is 1.45. The predicted octanol–water partition coefficient (Wildman–Crippen LogP) is 6.07. The first kappa shape index (κ1) is 25.6. The molecular formula is C34H30N2O4. The number of methoxy groups -OCH3 is 2. The SMILES string of the molecule is COc1ccc(C2=NN(c3ccccc3)C(=O)[C@@]23C(c2ccccc2)=C[C@H](c2ccc(OC)cc2)C[C@@H]3O)cc1. The van der Waals surface area contributed by atoms with Crippen molar-refractivity contribution in [3.63, 3.8) is 0 Å². The molecule has 200 valence electrons. The van der Waals surface area contributed by atoms with Crippen LogP contribution in [0.2, 0.25) is 0 Å². The van der Waals surface area contributed by atoms with Gasteiger partial charge in [-0.15, -0.1) is 0 Å². The molecule has 6 heteroatoms. The molecule has 0 aromatic heterocycles. The summed E-state index contributed by atoms with van der Waals surface area (Å²) in [6.45, 7) is 0. The minimum absolute atomic E-state index is 0.113. The van der Waals surface area contributed by atoms with Crippen molar-refractivity contribution in [2.24, 2.45) is 10.5 Å². The number of para-hydroxylation sites is 1. The van der Waals surface area contributed by atoms with E-state index < -0.39 is 11.5 Å². The number of aliphatic hydroxyl groups is 1.